The minimum atomic E-state index is -0.310. The number of allylic oxidation sites excluding steroid dienone is 1. The number of fused-ring (bicyclic) bond motifs is 2. The van der Waals surface area contributed by atoms with Gasteiger partial charge in [-0.2, -0.15) is 0 Å². The van der Waals surface area contributed by atoms with Crippen molar-refractivity contribution >= 4 is 11.6 Å². The Morgan fingerprint density at radius 2 is 1.71 bits per heavy atom. The summed E-state index contributed by atoms with van der Waals surface area (Å²) in [6, 6.07) is 10.5. The van der Waals surface area contributed by atoms with Gasteiger partial charge in [0.25, 0.3) is 0 Å². The van der Waals surface area contributed by atoms with Gasteiger partial charge >= 0.3 is 6.03 Å². The van der Waals surface area contributed by atoms with Gasteiger partial charge in [-0.3, -0.25) is 4.98 Å². The standard InChI is InChI=1S/C20H21N3O/c21-20(24)23-9-6-14(7-10-23)19-12-16-4-2-1-3-15(16)11-17-13-22-8-5-18(17)19/h1-5,8,13H,6-7,9-12H2,(H2,21,24). The number of piperidine rings is 1. The van der Waals surface area contributed by atoms with Crippen LogP contribution in [0.4, 0.5) is 4.79 Å². The predicted molar refractivity (Wildman–Crippen MR) is 94.5 cm³/mol. The molecular weight excluding hydrogens is 298 g/mol. The van der Waals surface area contributed by atoms with Gasteiger partial charge in [-0.15, -0.1) is 0 Å². The Bertz CT molecular complexity index is 815. The summed E-state index contributed by atoms with van der Waals surface area (Å²) in [6.07, 6.45) is 7.58. The highest BCUT2D eigenvalue weighted by molar-refractivity contribution is 5.76. The van der Waals surface area contributed by atoms with Crippen LogP contribution in [0.3, 0.4) is 0 Å². The number of carbonyl (C=O) groups is 1. The molecule has 4 nitrogen and oxygen atoms in total. The number of likely N-dealkylation sites (tertiary alicyclic amines) is 1. The fourth-order valence-corrected chi connectivity index (χ4v) is 3.87. The first-order chi connectivity index (χ1) is 11.7. The number of nitrogens with two attached hydrogens (primary N) is 1. The summed E-state index contributed by atoms with van der Waals surface area (Å²) in [6.45, 7) is 1.44. The fraction of sp³-hybridized carbons (Fsp3) is 0.300. The molecule has 2 N–H and O–H groups in total. The maximum absolute atomic E-state index is 11.4. The molecule has 0 radical (unpaired) electrons. The Kier molecular flexibility index (Phi) is 3.81. The maximum Gasteiger partial charge on any atom is 0.314 e. The zero-order chi connectivity index (χ0) is 16.5. The Morgan fingerprint density at radius 3 is 2.42 bits per heavy atom. The van der Waals surface area contributed by atoms with Crippen LogP contribution < -0.4 is 5.73 Å². The second-order valence-corrected chi connectivity index (χ2v) is 6.56. The van der Waals surface area contributed by atoms with Gasteiger partial charge in [0.05, 0.1) is 0 Å². The molecule has 2 heterocycles. The smallest absolute Gasteiger partial charge is 0.314 e. The molecule has 24 heavy (non-hydrogen) atoms. The number of benzene rings is 1. The third-order valence-corrected chi connectivity index (χ3v) is 5.20. The predicted octanol–water partition coefficient (Wildman–Crippen LogP) is 3.16. The number of aromatic nitrogens is 1. The van der Waals surface area contributed by atoms with Crippen LogP contribution in [0.5, 0.6) is 0 Å². The summed E-state index contributed by atoms with van der Waals surface area (Å²) in [4.78, 5) is 17.5. The first-order valence-electron chi connectivity index (χ1n) is 8.47. The molecule has 1 fully saturated rings. The minimum absolute atomic E-state index is 0.310. The van der Waals surface area contributed by atoms with Crippen molar-refractivity contribution in [2.24, 2.45) is 5.73 Å². The highest BCUT2D eigenvalue weighted by atomic mass is 16.2. The molecule has 2 aliphatic rings. The van der Waals surface area contributed by atoms with Gasteiger partial charge in [-0.1, -0.05) is 29.8 Å². The molecule has 2 amide bonds. The van der Waals surface area contributed by atoms with E-state index in [1.54, 1.807) is 4.90 Å². The van der Waals surface area contributed by atoms with Crippen molar-refractivity contribution in [3.63, 3.8) is 0 Å². The molecule has 0 unspecified atom stereocenters. The Hall–Kier alpha value is -2.62. The molecule has 1 saturated heterocycles. The second kappa shape index (κ2) is 6.11. The minimum Gasteiger partial charge on any atom is -0.351 e. The van der Waals surface area contributed by atoms with E-state index in [2.05, 4.69) is 35.3 Å². The average Bonchev–Trinajstić information content (AvgIpc) is 2.78. The number of rotatable bonds is 0. The van der Waals surface area contributed by atoms with E-state index in [4.69, 9.17) is 5.73 Å². The average molecular weight is 319 g/mol. The normalized spacial score (nSPS) is 17.1. The second-order valence-electron chi connectivity index (χ2n) is 6.56. The lowest BCUT2D eigenvalue weighted by Gasteiger charge is -2.29. The number of pyridine rings is 1. The molecule has 122 valence electrons. The molecule has 0 bridgehead atoms. The fourth-order valence-electron chi connectivity index (χ4n) is 3.87. The number of primary amides is 1. The summed E-state index contributed by atoms with van der Waals surface area (Å²) in [7, 11) is 0. The number of hydrogen-bond acceptors (Lipinski definition) is 2. The summed E-state index contributed by atoms with van der Waals surface area (Å²) in [5, 5.41) is 0. The van der Waals surface area contributed by atoms with Crippen molar-refractivity contribution in [1.29, 1.82) is 0 Å². The highest BCUT2D eigenvalue weighted by Gasteiger charge is 2.23. The lowest BCUT2D eigenvalue weighted by molar-refractivity contribution is 0.203. The number of hydrogen-bond donors (Lipinski definition) is 1. The van der Waals surface area contributed by atoms with E-state index in [-0.39, 0.29) is 6.03 Å². The van der Waals surface area contributed by atoms with Crippen molar-refractivity contribution < 1.29 is 4.79 Å². The molecule has 4 heteroatoms. The monoisotopic (exact) mass is 319 g/mol. The van der Waals surface area contributed by atoms with E-state index in [9.17, 15) is 4.79 Å². The molecule has 0 saturated carbocycles. The third kappa shape index (κ3) is 2.68. The summed E-state index contributed by atoms with van der Waals surface area (Å²) in [5.41, 5.74) is 13.7. The lowest BCUT2D eigenvalue weighted by atomic mass is 9.89. The number of carbonyl (C=O) groups excluding carboxylic acids is 1. The van der Waals surface area contributed by atoms with Gasteiger partial charge in [0.15, 0.2) is 0 Å². The summed E-state index contributed by atoms with van der Waals surface area (Å²) >= 11 is 0. The largest absolute Gasteiger partial charge is 0.351 e. The number of amides is 2. The third-order valence-electron chi connectivity index (χ3n) is 5.20. The number of urea groups is 1. The van der Waals surface area contributed by atoms with Crippen molar-refractivity contribution in [3.8, 4) is 0 Å². The van der Waals surface area contributed by atoms with Crippen molar-refractivity contribution in [3.05, 3.63) is 70.6 Å². The van der Waals surface area contributed by atoms with Crippen LogP contribution in [0.1, 0.15) is 35.1 Å². The molecule has 0 spiro atoms. The topological polar surface area (TPSA) is 59.2 Å². The van der Waals surface area contributed by atoms with E-state index < -0.39 is 0 Å². The molecule has 1 aromatic carbocycles. The Balaban J connectivity index is 1.77. The van der Waals surface area contributed by atoms with E-state index in [1.165, 1.54) is 33.4 Å². The van der Waals surface area contributed by atoms with Crippen molar-refractivity contribution in [1.82, 2.24) is 9.88 Å². The van der Waals surface area contributed by atoms with Crippen molar-refractivity contribution in [2.45, 2.75) is 25.7 Å². The SMILES string of the molecule is NC(=O)N1CCC(=C2Cc3ccccc3Cc3cnccc32)CC1. The summed E-state index contributed by atoms with van der Waals surface area (Å²) < 4.78 is 0. The molecule has 1 aliphatic heterocycles. The Morgan fingerprint density at radius 1 is 1.00 bits per heavy atom. The molecule has 4 rings (SSSR count). The van der Waals surface area contributed by atoms with Gasteiger partial charge in [0.1, 0.15) is 0 Å². The van der Waals surface area contributed by atoms with Crippen LogP contribution >= 0.6 is 0 Å². The van der Waals surface area contributed by atoms with Gasteiger partial charge in [-0.25, -0.2) is 4.79 Å². The summed E-state index contributed by atoms with van der Waals surface area (Å²) in [5.74, 6) is 0. The molecular formula is C20H21N3O. The molecule has 2 aromatic rings. The van der Waals surface area contributed by atoms with E-state index in [1.807, 2.05) is 12.4 Å². The van der Waals surface area contributed by atoms with Crippen LogP contribution in [0.25, 0.3) is 5.57 Å². The molecule has 0 atom stereocenters. The van der Waals surface area contributed by atoms with Crippen LogP contribution in [-0.2, 0) is 12.8 Å². The number of nitrogens with zero attached hydrogens (tertiary/aromatic N) is 2. The quantitative estimate of drug-likeness (QED) is 0.811. The van der Waals surface area contributed by atoms with Crippen molar-refractivity contribution in [2.75, 3.05) is 13.1 Å². The first kappa shape index (κ1) is 14.9. The van der Waals surface area contributed by atoms with Crippen LogP contribution in [0.2, 0.25) is 0 Å². The zero-order valence-corrected chi connectivity index (χ0v) is 13.7. The lowest BCUT2D eigenvalue weighted by Crippen LogP contribution is -2.40. The maximum atomic E-state index is 11.4. The van der Waals surface area contributed by atoms with Gasteiger partial charge < -0.3 is 10.6 Å². The highest BCUT2D eigenvalue weighted by Crippen LogP contribution is 2.35. The van der Waals surface area contributed by atoms with E-state index in [0.29, 0.717) is 0 Å². The van der Waals surface area contributed by atoms with Crippen LogP contribution in [0, 0.1) is 0 Å². The zero-order valence-electron chi connectivity index (χ0n) is 13.7. The van der Waals surface area contributed by atoms with Gasteiger partial charge in [-0.05, 0) is 59.6 Å². The Labute approximate surface area is 142 Å². The first-order valence-corrected chi connectivity index (χ1v) is 8.47. The van der Waals surface area contributed by atoms with Crippen LogP contribution in [0.15, 0.2) is 48.3 Å². The van der Waals surface area contributed by atoms with Gasteiger partial charge in [0.2, 0.25) is 0 Å². The van der Waals surface area contributed by atoms with Crippen LogP contribution in [-0.4, -0.2) is 29.0 Å². The van der Waals surface area contributed by atoms with Gasteiger partial charge in [0, 0.05) is 25.5 Å². The van der Waals surface area contributed by atoms with E-state index >= 15 is 0 Å². The molecule has 1 aromatic heterocycles. The van der Waals surface area contributed by atoms with E-state index in [0.717, 1.165) is 38.8 Å². The molecule has 1 aliphatic carbocycles.